The number of esters is 1. The van der Waals surface area contributed by atoms with Gasteiger partial charge in [-0.3, -0.25) is 4.79 Å². The third-order valence-electron chi connectivity index (χ3n) is 4.76. The van der Waals surface area contributed by atoms with Gasteiger partial charge >= 0.3 is 5.97 Å². The first kappa shape index (κ1) is 20.3. The molecule has 3 aromatic carbocycles. The maximum atomic E-state index is 11.7. The number of nitrogens with one attached hydrogen (secondary N) is 1. The van der Waals surface area contributed by atoms with Gasteiger partial charge in [0.2, 0.25) is 0 Å². The van der Waals surface area contributed by atoms with Crippen LogP contribution in [0.3, 0.4) is 0 Å². The molecule has 0 spiro atoms. The molecule has 5 nitrogen and oxygen atoms in total. The average molecular weight is 391 g/mol. The van der Waals surface area contributed by atoms with E-state index in [1.54, 1.807) is 19.2 Å². The number of ether oxygens (including phenoxy) is 2. The predicted molar refractivity (Wildman–Crippen MR) is 114 cm³/mol. The van der Waals surface area contributed by atoms with Gasteiger partial charge in [0, 0.05) is 12.1 Å². The molecule has 0 amide bonds. The maximum Gasteiger partial charge on any atom is 0.309 e. The molecule has 0 aliphatic rings. The van der Waals surface area contributed by atoms with Crippen LogP contribution in [0.1, 0.15) is 16.7 Å². The van der Waals surface area contributed by atoms with Crippen molar-refractivity contribution in [3.05, 3.63) is 77.4 Å². The summed E-state index contributed by atoms with van der Waals surface area (Å²) in [6, 6.07) is 19.1. The standard InChI is InChI=1S/C24H25NO4/c1-16-8-10-19(18(12-16)15-25-21-6-4-5-7-22(21)26)20-13-17(14-24(27)29-3)9-11-23(20)28-2/h4-13,25-26H,14-15H2,1-3H3. The van der Waals surface area contributed by atoms with Crippen LogP contribution >= 0.6 is 0 Å². The van der Waals surface area contributed by atoms with E-state index in [9.17, 15) is 9.90 Å². The number of phenolic OH excluding ortho intramolecular Hbond substituents is 1. The molecular formula is C24H25NO4. The first-order chi connectivity index (χ1) is 14.0. The summed E-state index contributed by atoms with van der Waals surface area (Å²) in [5, 5.41) is 13.3. The molecule has 0 aromatic heterocycles. The van der Waals surface area contributed by atoms with Crippen LogP contribution in [0.2, 0.25) is 0 Å². The fourth-order valence-electron chi connectivity index (χ4n) is 3.26. The van der Waals surface area contributed by atoms with Crippen molar-refractivity contribution in [1.29, 1.82) is 0 Å². The van der Waals surface area contributed by atoms with Crippen LogP contribution in [0.5, 0.6) is 11.5 Å². The summed E-state index contributed by atoms with van der Waals surface area (Å²) >= 11 is 0. The highest BCUT2D eigenvalue weighted by atomic mass is 16.5. The van der Waals surface area contributed by atoms with E-state index < -0.39 is 0 Å². The molecule has 0 radical (unpaired) electrons. The minimum Gasteiger partial charge on any atom is -0.506 e. The van der Waals surface area contributed by atoms with E-state index in [0.29, 0.717) is 12.2 Å². The lowest BCUT2D eigenvalue weighted by Gasteiger charge is -2.17. The molecule has 2 N–H and O–H groups in total. The Balaban J connectivity index is 1.98. The molecule has 0 aliphatic heterocycles. The van der Waals surface area contributed by atoms with E-state index >= 15 is 0 Å². The van der Waals surface area contributed by atoms with Gasteiger partial charge in [0.1, 0.15) is 11.5 Å². The third-order valence-corrected chi connectivity index (χ3v) is 4.76. The molecule has 0 fully saturated rings. The quantitative estimate of drug-likeness (QED) is 0.451. The Hall–Kier alpha value is -3.47. The molecule has 0 heterocycles. The Morgan fingerprint density at radius 3 is 2.52 bits per heavy atom. The van der Waals surface area contributed by atoms with E-state index in [1.807, 2.05) is 43.3 Å². The molecule has 150 valence electrons. The number of hydrogen-bond acceptors (Lipinski definition) is 5. The number of anilines is 1. The Morgan fingerprint density at radius 2 is 1.79 bits per heavy atom. The summed E-state index contributed by atoms with van der Waals surface area (Å²) in [6.07, 6.45) is 0.199. The summed E-state index contributed by atoms with van der Waals surface area (Å²) in [6.45, 7) is 2.57. The summed E-state index contributed by atoms with van der Waals surface area (Å²) in [7, 11) is 3.02. The van der Waals surface area contributed by atoms with E-state index in [1.165, 1.54) is 7.11 Å². The van der Waals surface area contributed by atoms with E-state index in [2.05, 4.69) is 17.4 Å². The second-order valence-electron chi connectivity index (χ2n) is 6.82. The molecule has 0 aliphatic carbocycles. The zero-order valence-electron chi connectivity index (χ0n) is 16.9. The number of aromatic hydroxyl groups is 1. The zero-order chi connectivity index (χ0) is 20.8. The van der Waals surface area contributed by atoms with Crippen LogP contribution in [-0.4, -0.2) is 25.3 Å². The van der Waals surface area contributed by atoms with Gasteiger partial charge in [0.15, 0.2) is 0 Å². The van der Waals surface area contributed by atoms with Crippen molar-refractivity contribution in [2.75, 3.05) is 19.5 Å². The minimum absolute atomic E-state index is 0.199. The smallest absolute Gasteiger partial charge is 0.309 e. The van der Waals surface area contributed by atoms with Gasteiger partial charge in [0.25, 0.3) is 0 Å². The normalized spacial score (nSPS) is 10.4. The molecule has 29 heavy (non-hydrogen) atoms. The predicted octanol–water partition coefficient (Wildman–Crippen LogP) is 4.70. The number of para-hydroxylation sites is 2. The number of aryl methyl sites for hydroxylation is 1. The highest BCUT2D eigenvalue weighted by Gasteiger charge is 2.14. The number of carbonyl (C=O) groups is 1. The average Bonchev–Trinajstić information content (AvgIpc) is 2.73. The number of phenols is 1. The molecular weight excluding hydrogens is 366 g/mol. The Labute approximate surface area is 170 Å². The molecule has 0 saturated carbocycles. The van der Waals surface area contributed by atoms with E-state index in [0.717, 1.165) is 33.6 Å². The summed E-state index contributed by atoms with van der Waals surface area (Å²) in [4.78, 5) is 11.7. The van der Waals surface area contributed by atoms with Crippen LogP contribution < -0.4 is 10.1 Å². The lowest BCUT2D eigenvalue weighted by Crippen LogP contribution is -2.05. The molecule has 0 saturated heterocycles. The van der Waals surface area contributed by atoms with E-state index in [4.69, 9.17) is 9.47 Å². The van der Waals surface area contributed by atoms with Gasteiger partial charge < -0.3 is 19.9 Å². The van der Waals surface area contributed by atoms with Crippen molar-refractivity contribution < 1.29 is 19.4 Å². The van der Waals surface area contributed by atoms with Crippen LogP contribution in [0.25, 0.3) is 11.1 Å². The van der Waals surface area contributed by atoms with Gasteiger partial charge in [-0.15, -0.1) is 0 Å². The van der Waals surface area contributed by atoms with Gasteiger partial charge in [-0.2, -0.15) is 0 Å². The van der Waals surface area contributed by atoms with Crippen molar-refractivity contribution >= 4 is 11.7 Å². The maximum absolute atomic E-state index is 11.7. The molecule has 0 atom stereocenters. The Morgan fingerprint density at radius 1 is 1.00 bits per heavy atom. The molecule has 3 aromatic rings. The topological polar surface area (TPSA) is 67.8 Å². The minimum atomic E-state index is -0.286. The molecule has 0 unspecified atom stereocenters. The molecule has 3 rings (SSSR count). The highest BCUT2D eigenvalue weighted by molar-refractivity contribution is 5.78. The van der Waals surface area contributed by atoms with Crippen molar-refractivity contribution in [3.8, 4) is 22.6 Å². The zero-order valence-corrected chi connectivity index (χ0v) is 16.9. The van der Waals surface area contributed by atoms with Gasteiger partial charge in [0.05, 0.1) is 26.3 Å². The van der Waals surface area contributed by atoms with Gasteiger partial charge in [-0.1, -0.05) is 42.0 Å². The largest absolute Gasteiger partial charge is 0.506 e. The van der Waals surface area contributed by atoms with Crippen LogP contribution in [0.15, 0.2) is 60.7 Å². The molecule has 0 bridgehead atoms. The Kier molecular flexibility index (Phi) is 6.39. The van der Waals surface area contributed by atoms with Gasteiger partial charge in [-0.05, 0) is 47.9 Å². The number of rotatable bonds is 7. The van der Waals surface area contributed by atoms with E-state index in [-0.39, 0.29) is 18.1 Å². The number of carbonyl (C=O) groups excluding carboxylic acids is 1. The van der Waals surface area contributed by atoms with Crippen molar-refractivity contribution in [1.82, 2.24) is 0 Å². The van der Waals surface area contributed by atoms with Gasteiger partial charge in [-0.25, -0.2) is 0 Å². The lowest BCUT2D eigenvalue weighted by molar-refractivity contribution is -0.139. The van der Waals surface area contributed by atoms with Crippen molar-refractivity contribution in [3.63, 3.8) is 0 Å². The second-order valence-corrected chi connectivity index (χ2v) is 6.82. The number of methoxy groups -OCH3 is 2. The summed E-state index contributed by atoms with van der Waals surface area (Å²) in [5.74, 6) is 0.650. The van der Waals surface area contributed by atoms with Crippen LogP contribution in [0, 0.1) is 6.92 Å². The van der Waals surface area contributed by atoms with Crippen molar-refractivity contribution in [2.24, 2.45) is 0 Å². The first-order valence-corrected chi connectivity index (χ1v) is 9.37. The summed E-state index contributed by atoms with van der Waals surface area (Å²) in [5.41, 5.74) is 5.62. The van der Waals surface area contributed by atoms with Crippen molar-refractivity contribution in [2.45, 2.75) is 19.9 Å². The lowest BCUT2D eigenvalue weighted by atomic mass is 9.95. The monoisotopic (exact) mass is 391 g/mol. The number of benzene rings is 3. The fourth-order valence-corrected chi connectivity index (χ4v) is 3.26. The van der Waals surface area contributed by atoms with Crippen LogP contribution in [0.4, 0.5) is 5.69 Å². The first-order valence-electron chi connectivity index (χ1n) is 9.37. The molecule has 5 heteroatoms. The second kappa shape index (κ2) is 9.15. The SMILES string of the molecule is COC(=O)Cc1ccc(OC)c(-c2ccc(C)cc2CNc2ccccc2O)c1. The van der Waals surface area contributed by atoms with Crippen LogP contribution in [-0.2, 0) is 22.5 Å². The fraction of sp³-hybridized carbons (Fsp3) is 0.208. The highest BCUT2D eigenvalue weighted by Crippen LogP contribution is 2.35. The summed E-state index contributed by atoms with van der Waals surface area (Å²) < 4.78 is 10.4. The third kappa shape index (κ3) is 4.88. The number of hydrogen-bond donors (Lipinski definition) is 2. The Bertz CT molecular complexity index is 1010.